The maximum absolute atomic E-state index is 13.0. The van der Waals surface area contributed by atoms with Crippen LogP contribution in [-0.2, 0) is 11.4 Å². The maximum atomic E-state index is 13.0. The van der Waals surface area contributed by atoms with E-state index in [1.54, 1.807) is 23.1 Å². The molecule has 0 aromatic heterocycles. The average molecular weight is 461 g/mol. The monoisotopic (exact) mass is 460 g/mol. The Hall–Kier alpha value is -2.08. The fourth-order valence-electron chi connectivity index (χ4n) is 3.90. The molecule has 0 unspecified atom stereocenters. The molecule has 30 heavy (non-hydrogen) atoms. The first-order valence-electron chi connectivity index (χ1n) is 10.0. The minimum atomic E-state index is -0.0672. The van der Waals surface area contributed by atoms with E-state index in [4.69, 9.17) is 40.2 Å². The number of amides is 1. The summed E-state index contributed by atoms with van der Waals surface area (Å²) in [5, 5.41) is 4.72. The van der Waals surface area contributed by atoms with Crippen molar-refractivity contribution in [2.24, 2.45) is 0 Å². The Morgan fingerprint density at radius 2 is 1.90 bits per heavy atom. The summed E-state index contributed by atoms with van der Waals surface area (Å²) in [6, 6.07) is 13.1. The van der Waals surface area contributed by atoms with Crippen LogP contribution >= 0.6 is 35.4 Å². The normalized spacial score (nSPS) is 18.7. The largest absolute Gasteiger partial charge is 0.488 e. The van der Waals surface area contributed by atoms with E-state index < -0.39 is 0 Å². The van der Waals surface area contributed by atoms with Crippen molar-refractivity contribution in [2.75, 3.05) is 0 Å². The third kappa shape index (κ3) is 4.64. The molecule has 2 fully saturated rings. The lowest BCUT2D eigenvalue weighted by molar-refractivity contribution is -0.124. The molecule has 1 aliphatic carbocycles. The summed E-state index contributed by atoms with van der Waals surface area (Å²) < 4.78 is 6.00. The molecular weight excluding hydrogens is 439 g/mol. The Balaban J connectivity index is 1.52. The Morgan fingerprint density at radius 1 is 1.13 bits per heavy atom. The van der Waals surface area contributed by atoms with Crippen LogP contribution in [0.15, 0.2) is 48.2 Å². The average Bonchev–Trinajstić information content (AvgIpc) is 3.02. The Labute approximate surface area is 191 Å². The smallest absolute Gasteiger partial charge is 0.276 e. The number of carbonyl (C=O) groups is 1. The van der Waals surface area contributed by atoms with Crippen molar-refractivity contribution in [2.45, 2.75) is 44.8 Å². The Bertz CT molecular complexity index is 1000. The van der Waals surface area contributed by atoms with Crippen LogP contribution in [0.4, 0.5) is 0 Å². The number of hydrogen-bond donors (Lipinski definition) is 1. The van der Waals surface area contributed by atoms with Crippen LogP contribution in [0.1, 0.15) is 43.2 Å². The van der Waals surface area contributed by atoms with Gasteiger partial charge in [-0.2, -0.15) is 0 Å². The first-order chi connectivity index (χ1) is 14.5. The number of halogens is 2. The zero-order valence-electron chi connectivity index (χ0n) is 16.4. The van der Waals surface area contributed by atoms with E-state index in [0.29, 0.717) is 33.2 Å². The molecule has 0 bridgehead atoms. The number of thiocarbonyl (C=S) groups is 1. The molecule has 4 rings (SSSR count). The van der Waals surface area contributed by atoms with Crippen molar-refractivity contribution in [3.63, 3.8) is 0 Å². The van der Waals surface area contributed by atoms with Gasteiger partial charge in [-0.3, -0.25) is 9.69 Å². The highest BCUT2D eigenvalue weighted by Gasteiger charge is 2.36. The SMILES string of the molecule is O=C1/C(=C/c2ccccc2OCc2ccc(Cl)cc2Cl)NC(=S)N1C1CCCCC1. The van der Waals surface area contributed by atoms with Gasteiger partial charge in [-0.05, 0) is 49.3 Å². The fourth-order valence-corrected chi connectivity index (χ4v) is 4.71. The minimum absolute atomic E-state index is 0.0672. The number of carbonyl (C=O) groups excluding carboxylic acids is 1. The van der Waals surface area contributed by atoms with Gasteiger partial charge in [0.2, 0.25) is 0 Å². The topological polar surface area (TPSA) is 41.6 Å². The van der Waals surface area contributed by atoms with Gasteiger partial charge < -0.3 is 10.1 Å². The van der Waals surface area contributed by atoms with Crippen molar-refractivity contribution in [3.05, 3.63) is 69.3 Å². The molecule has 4 nitrogen and oxygen atoms in total. The summed E-state index contributed by atoms with van der Waals surface area (Å²) in [6.07, 6.45) is 7.31. The van der Waals surface area contributed by atoms with Crippen LogP contribution in [0.5, 0.6) is 5.75 Å². The van der Waals surface area contributed by atoms with Gasteiger partial charge >= 0.3 is 0 Å². The molecule has 2 aliphatic rings. The summed E-state index contributed by atoms with van der Waals surface area (Å²) in [5.41, 5.74) is 2.11. The van der Waals surface area contributed by atoms with Crippen LogP contribution in [-0.4, -0.2) is 22.0 Å². The summed E-state index contributed by atoms with van der Waals surface area (Å²) >= 11 is 17.7. The first-order valence-corrected chi connectivity index (χ1v) is 11.2. The van der Waals surface area contributed by atoms with Gasteiger partial charge in [-0.25, -0.2) is 0 Å². The summed E-state index contributed by atoms with van der Waals surface area (Å²) in [4.78, 5) is 14.8. The molecule has 7 heteroatoms. The maximum Gasteiger partial charge on any atom is 0.276 e. The summed E-state index contributed by atoms with van der Waals surface area (Å²) in [6.45, 7) is 0.296. The summed E-state index contributed by atoms with van der Waals surface area (Å²) in [7, 11) is 0. The molecule has 2 aromatic carbocycles. The van der Waals surface area contributed by atoms with Crippen LogP contribution in [0.25, 0.3) is 6.08 Å². The van der Waals surface area contributed by atoms with Crippen molar-refractivity contribution < 1.29 is 9.53 Å². The molecule has 0 atom stereocenters. The first kappa shape index (κ1) is 21.2. The van der Waals surface area contributed by atoms with Gasteiger partial charge in [0.15, 0.2) is 5.11 Å². The fraction of sp³-hybridized carbons (Fsp3) is 0.304. The molecule has 2 aromatic rings. The number of hydrogen-bond acceptors (Lipinski definition) is 3. The van der Waals surface area contributed by atoms with Gasteiger partial charge in [0.1, 0.15) is 18.1 Å². The van der Waals surface area contributed by atoms with Crippen LogP contribution in [0, 0.1) is 0 Å². The standard InChI is InChI=1S/C23H22Cl2N2O2S/c24-17-11-10-16(19(25)13-17)14-29-21-9-5-4-6-15(21)12-20-22(28)27(23(30)26-20)18-7-2-1-3-8-18/h4-6,9-13,18H,1-3,7-8,14H2,(H,26,30)/b20-12-. The molecule has 1 N–H and O–H groups in total. The van der Waals surface area contributed by atoms with E-state index in [-0.39, 0.29) is 11.9 Å². The number of benzene rings is 2. The van der Waals surface area contributed by atoms with Crippen LogP contribution in [0.3, 0.4) is 0 Å². The Kier molecular flexibility index (Phi) is 6.61. The zero-order valence-corrected chi connectivity index (χ0v) is 18.7. The van der Waals surface area contributed by atoms with Crippen molar-refractivity contribution in [1.29, 1.82) is 0 Å². The van der Waals surface area contributed by atoms with E-state index in [2.05, 4.69) is 5.32 Å². The Morgan fingerprint density at radius 3 is 2.67 bits per heavy atom. The van der Waals surface area contributed by atoms with Crippen molar-refractivity contribution in [1.82, 2.24) is 10.2 Å². The molecular formula is C23H22Cl2N2O2S. The minimum Gasteiger partial charge on any atom is -0.488 e. The predicted octanol–water partition coefficient (Wildman–Crippen LogP) is 5.96. The van der Waals surface area contributed by atoms with Crippen LogP contribution in [0.2, 0.25) is 10.0 Å². The number of ether oxygens (including phenoxy) is 1. The van der Waals surface area contributed by atoms with E-state index in [1.807, 2.05) is 30.3 Å². The zero-order chi connectivity index (χ0) is 21.1. The molecule has 0 radical (unpaired) electrons. The lowest BCUT2D eigenvalue weighted by Crippen LogP contribution is -2.41. The molecule has 0 spiro atoms. The highest BCUT2D eigenvalue weighted by molar-refractivity contribution is 7.80. The van der Waals surface area contributed by atoms with Crippen molar-refractivity contribution >= 4 is 52.5 Å². The lowest BCUT2D eigenvalue weighted by Gasteiger charge is -2.29. The molecule has 1 saturated heterocycles. The molecule has 1 amide bonds. The quantitative estimate of drug-likeness (QED) is 0.441. The number of nitrogens with one attached hydrogen (secondary N) is 1. The second kappa shape index (κ2) is 9.38. The number of nitrogens with zero attached hydrogens (tertiary/aromatic N) is 1. The number of rotatable bonds is 5. The third-order valence-corrected chi connectivity index (χ3v) is 6.35. The van der Waals surface area contributed by atoms with Gasteiger partial charge in [-0.1, -0.05) is 66.7 Å². The van der Waals surface area contributed by atoms with Gasteiger partial charge in [-0.15, -0.1) is 0 Å². The number of para-hydroxylation sites is 1. The molecule has 1 saturated carbocycles. The van der Waals surface area contributed by atoms with Crippen molar-refractivity contribution in [3.8, 4) is 5.75 Å². The molecule has 1 aliphatic heterocycles. The highest BCUT2D eigenvalue weighted by Crippen LogP contribution is 2.29. The van der Waals surface area contributed by atoms with E-state index in [0.717, 1.165) is 36.8 Å². The van der Waals surface area contributed by atoms with E-state index in [9.17, 15) is 4.79 Å². The third-order valence-electron chi connectivity index (χ3n) is 5.47. The van der Waals surface area contributed by atoms with E-state index >= 15 is 0 Å². The second-order valence-electron chi connectivity index (χ2n) is 7.52. The van der Waals surface area contributed by atoms with Gasteiger partial charge in [0, 0.05) is 27.2 Å². The lowest BCUT2D eigenvalue weighted by atomic mass is 9.94. The van der Waals surface area contributed by atoms with E-state index in [1.165, 1.54) is 6.42 Å². The second-order valence-corrected chi connectivity index (χ2v) is 8.75. The van der Waals surface area contributed by atoms with Crippen LogP contribution < -0.4 is 10.1 Å². The molecule has 1 heterocycles. The van der Waals surface area contributed by atoms with Gasteiger partial charge in [0.05, 0.1) is 0 Å². The summed E-state index contributed by atoms with van der Waals surface area (Å²) in [5.74, 6) is 0.593. The predicted molar refractivity (Wildman–Crippen MR) is 125 cm³/mol. The molecule has 156 valence electrons. The van der Waals surface area contributed by atoms with Gasteiger partial charge in [0.25, 0.3) is 5.91 Å². The highest BCUT2D eigenvalue weighted by atomic mass is 35.5.